The van der Waals surface area contributed by atoms with E-state index in [-0.39, 0.29) is 22.6 Å². The molecule has 0 aliphatic rings. The van der Waals surface area contributed by atoms with Gasteiger partial charge in [-0.3, -0.25) is 0 Å². The summed E-state index contributed by atoms with van der Waals surface area (Å²) in [5, 5.41) is 6.87. The van der Waals surface area contributed by atoms with Crippen LogP contribution in [0.15, 0.2) is 48.7 Å². The lowest BCUT2D eigenvalue weighted by atomic mass is 10.2. The van der Waals surface area contributed by atoms with Crippen LogP contribution in [0.25, 0.3) is 0 Å². The van der Waals surface area contributed by atoms with Gasteiger partial charge < -0.3 is 20.1 Å². The van der Waals surface area contributed by atoms with Gasteiger partial charge in [-0.05, 0) is 42.8 Å². The highest BCUT2D eigenvalue weighted by Gasteiger charge is 2.21. The molecule has 0 spiro atoms. The molecule has 0 bridgehead atoms. The van der Waals surface area contributed by atoms with Gasteiger partial charge in [-0.1, -0.05) is 40.9 Å². The summed E-state index contributed by atoms with van der Waals surface area (Å²) >= 11 is 18.4. The molecule has 3 aromatic rings. The highest BCUT2D eigenvalue weighted by atomic mass is 35.5. The predicted octanol–water partition coefficient (Wildman–Crippen LogP) is 5.94. The molecule has 0 aliphatic heterocycles. The minimum absolute atomic E-state index is 0.0275. The molecule has 2 N–H and O–H groups in total. The zero-order valence-corrected chi connectivity index (χ0v) is 21.1. The van der Waals surface area contributed by atoms with E-state index in [4.69, 9.17) is 44.3 Å². The highest BCUT2D eigenvalue weighted by molar-refractivity contribution is 6.48. The zero-order valence-electron chi connectivity index (χ0n) is 18.8. The van der Waals surface area contributed by atoms with Gasteiger partial charge in [0.1, 0.15) is 11.6 Å². The van der Waals surface area contributed by atoms with Crippen molar-refractivity contribution in [1.29, 1.82) is 0 Å². The topological polar surface area (TPSA) is 88.6 Å². The number of hydrogen-bond acceptors (Lipinski definition) is 6. The van der Waals surface area contributed by atoms with E-state index < -0.39 is 6.03 Å². The SMILES string of the molecule is COCC(C)Nc1nccc(N(C(=O)NCc2ccc(Cl)c(Cl)c2Cl)c2ccc(OC)cc2)n1. The van der Waals surface area contributed by atoms with Crippen LogP contribution in [-0.4, -0.2) is 42.9 Å². The van der Waals surface area contributed by atoms with Gasteiger partial charge in [0.05, 0.1) is 34.5 Å². The van der Waals surface area contributed by atoms with Crippen LogP contribution in [0.5, 0.6) is 5.75 Å². The average molecular weight is 525 g/mol. The molecule has 8 nitrogen and oxygen atoms in total. The predicted molar refractivity (Wildman–Crippen MR) is 136 cm³/mol. The largest absolute Gasteiger partial charge is 0.497 e. The van der Waals surface area contributed by atoms with Crippen molar-refractivity contribution < 1.29 is 14.3 Å². The first kappa shape index (κ1) is 25.8. The Balaban J connectivity index is 1.89. The molecule has 0 saturated heterocycles. The van der Waals surface area contributed by atoms with E-state index >= 15 is 0 Å². The number of methoxy groups -OCH3 is 2. The number of nitrogens with zero attached hydrogens (tertiary/aromatic N) is 3. The first-order chi connectivity index (χ1) is 16.3. The van der Waals surface area contributed by atoms with Crippen molar-refractivity contribution in [1.82, 2.24) is 15.3 Å². The van der Waals surface area contributed by atoms with Gasteiger partial charge in [0.15, 0.2) is 0 Å². The number of rotatable bonds is 9. The molecule has 0 saturated carbocycles. The Morgan fingerprint density at radius 1 is 1.06 bits per heavy atom. The number of ether oxygens (including phenoxy) is 2. The van der Waals surface area contributed by atoms with E-state index in [1.165, 1.54) is 4.90 Å². The number of aromatic nitrogens is 2. The van der Waals surface area contributed by atoms with Gasteiger partial charge in [0, 0.05) is 32.0 Å². The van der Waals surface area contributed by atoms with Crippen molar-refractivity contribution in [3.05, 3.63) is 69.3 Å². The third-order valence-electron chi connectivity index (χ3n) is 4.74. The van der Waals surface area contributed by atoms with Gasteiger partial charge in [0.25, 0.3) is 0 Å². The van der Waals surface area contributed by atoms with E-state index in [2.05, 4.69) is 20.6 Å². The Morgan fingerprint density at radius 3 is 2.47 bits per heavy atom. The number of nitrogens with one attached hydrogen (secondary N) is 2. The van der Waals surface area contributed by atoms with Crippen molar-refractivity contribution in [2.45, 2.75) is 19.5 Å². The molecule has 1 heterocycles. The lowest BCUT2D eigenvalue weighted by molar-refractivity contribution is 0.190. The second kappa shape index (κ2) is 12.1. The molecule has 11 heteroatoms. The van der Waals surface area contributed by atoms with Crippen LogP contribution < -0.4 is 20.3 Å². The van der Waals surface area contributed by atoms with Gasteiger partial charge >= 0.3 is 6.03 Å². The van der Waals surface area contributed by atoms with E-state index in [0.29, 0.717) is 40.4 Å². The number of amides is 2. The van der Waals surface area contributed by atoms with Crippen LogP contribution in [0, 0.1) is 0 Å². The van der Waals surface area contributed by atoms with E-state index in [1.54, 1.807) is 62.9 Å². The molecule has 0 fully saturated rings. The number of hydrogen-bond donors (Lipinski definition) is 2. The lowest BCUT2D eigenvalue weighted by Gasteiger charge is -2.23. The molecule has 1 unspecified atom stereocenters. The Hall–Kier alpha value is -2.78. The summed E-state index contributed by atoms with van der Waals surface area (Å²) < 4.78 is 10.4. The van der Waals surface area contributed by atoms with Crippen molar-refractivity contribution in [3.8, 4) is 5.75 Å². The third-order valence-corrected chi connectivity index (χ3v) is 6.07. The smallest absolute Gasteiger partial charge is 0.327 e. The maximum Gasteiger partial charge on any atom is 0.327 e. The number of benzene rings is 2. The molecule has 34 heavy (non-hydrogen) atoms. The number of carbonyl (C=O) groups excluding carboxylic acids is 1. The van der Waals surface area contributed by atoms with Crippen molar-refractivity contribution in [2.75, 3.05) is 31.0 Å². The fraction of sp³-hybridized carbons (Fsp3) is 0.261. The summed E-state index contributed by atoms with van der Waals surface area (Å²) in [5.74, 6) is 1.39. The maximum atomic E-state index is 13.4. The second-order valence-electron chi connectivity index (χ2n) is 7.27. The van der Waals surface area contributed by atoms with Crippen LogP contribution in [0.1, 0.15) is 12.5 Å². The van der Waals surface area contributed by atoms with Gasteiger partial charge in [-0.15, -0.1) is 0 Å². The Morgan fingerprint density at radius 2 is 1.79 bits per heavy atom. The molecular weight excluding hydrogens is 501 g/mol. The van der Waals surface area contributed by atoms with E-state index in [0.717, 1.165) is 0 Å². The summed E-state index contributed by atoms with van der Waals surface area (Å²) in [4.78, 5) is 23.6. The summed E-state index contributed by atoms with van der Waals surface area (Å²) in [6, 6.07) is 11.5. The summed E-state index contributed by atoms with van der Waals surface area (Å²) in [6.45, 7) is 2.54. The quantitative estimate of drug-likeness (QED) is 0.337. The molecule has 3 rings (SSSR count). The molecule has 2 amide bonds. The van der Waals surface area contributed by atoms with Crippen LogP contribution in [0.4, 0.5) is 22.2 Å². The Kier molecular flexibility index (Phi) is 9.18. The molecular formula is C23H24Cl3N5O3. The van der Waals surface area contributed by atoms with E-state index in [1.807, 2.05) is 6.92 Å². The van der Waals surface area contributed by atoms with Crippen molar-refractivity contribution in [2.24, 2.45) is 0 Å². The number of urea groups is 1. The second-order valence-corrected chi connectivity index (χ2v) is 8.43. The van der Waals surface area contributed by atoms with Crippen LogP contribution >= 0.6 is 34.8 Å². The zero-order chi connectivity index (χ0) is 24.7. The number of carbonyl (C=O) groups is 1. The summed E-state index contributed by atoms with van der Waals surface area (Å²) in [7, 11) is 3.19. The van der Waals surface area contributed by atoms with Gasteiger partial charge in [-0.25, -0.2) is 14.7 Å². The third kappa shape index (κ3) is 6.42. The van der Waals surface area contributed by atoms with E-state index in [9.17, 15) is 4.79 Å². The number of halogens is 3. The van der Waals surface area contributed by atoms with Crippen LogP contribution in [-0.2, 0) is 11.3 Å². The molecule has 2 aromatic carbocycles. The monoisotopic (exact) mass is 523 g/mol. The normalized spacial score (nSPS) is 11.6. The minimum Gasteiger partial charge on any atom is -0.497 e. The first-order valence-corrected chi connectivity index (χ1v) is 11.4. The van der Waals surface area contributed by atoms with Crippen LogP contribution in [0.2, 0.25) is 15.1 Å². The molecule has 1 atom stereocenters. The standard InChI is InChI=1S/C23H24Cl3N5O3/c1-14(13-33-2)29-22-27-11-10-19(30-22)31(16-5-7-17(34-3)8-6-16)23(32)28-12-15-4-9-18(24)21(26)20(15)25/h4-11,14H,12-13H2,1-3H3,(H,28,32)(H,27,29,30). The van der Waals surface area contributed by atoms with Gasteiger partial charge in [0.2, 0.25) is 5.95 Å². The molecule has 180 valence electrons. The van der Waals surface area contributed by atoms with Gasteiger partial charge in [-0.2, -0.15) is 4.98 Å². The molecule has 0 aliphatic carbocycles. The Labute approximate surface area is 213 Å². The minimum atomic E-state index is -0.429. The van der Waals surface area contributed by atoms with Crippen molar-refractivity contribution in [3.63, 3.8) is 0 Å². The lowest BCUT2D eigenvalue weighted by Crippen LogP contribution is -2.37. The first-order valence-electron chi connectivity index (χ1n) is 10.3. The van der Waals surface area contributed by atoms with Crippen LogP contribution in [0.3, 0.4) is 0 Å². The number of anilines is 3. The maximum absolute atomic E-state index is 13.4. The summed E-state index contributed by atoms with van der Waals surface area (Å²) in [6.07, 6.45) is 1.57. The Bertz CT molecular complexity index is 1130. The molecule has 0 radical (unpaired) electrons. The highest BCUT2D eigenvalue weighted by Crippen LogP contribution is 2.33. The average Bonchev–Trinajstić information content (AvgIpc) is 2.83. The molecule has 1 aromatic heterocycles. The van der Waals surface area contributed by atoms with Crippen molar-refractivity contribution >= 4 is 58.3 Å². The fourth-order valence-corrected chi connectivity index (χ4v) is 3.71. The fourth-order valence-electron chi connectivity index (χ4n) is 3.09. The summed E-state index contributed by atoms with van der Waals surface area (Å²) in [5.41, 5.74) is 1.20.